The van der Waals surface area contributed by atoms with Gasteiger partial charge in [-0.2, -0.15) is 0 Å². The Morgan fingerprint density at radius 2 is 1.48 bits per heavy atom. The van der Waals surface area contributed by atoms with Crippen molar-refractivity contribution in [2.45, 2.75) is 32.0 Å². The molecule has 2 heterocycles. The van der Waals surface area contributed by atoms with Crippen molar-refractivity contribution in [3.63, 3.8) is 0 Å². The first kappa shape index (κ1) is 23.8. The number of aromatic nitrogens is 2. The third-order valence-corrected chi connectivity index (χ3v) is 7.26. The van der Waals surface area contributed by atoms with Gasteiger partial charge in [0, 0.05) is 34.1 Å². The molecular weight excluding hydrogens is 562 g/mol. The minimum Gasteiger partial charge on any atom is -0.356 e. The van der Waals surface area contributed by atoms with Crippen molar-refractivity contribution in [3.05, 3.63) is 95.0 Å². The van der Waals surface area contributed by atoms with E-state index in [1.165, 1.54) is 41.0 Å². The molecule has 0 bridgehead atoms. The summed E-state index contributed by atoms with van der Waals surface area (Å²) < 4.78 is 31.5. The molecule has 1 atom stereocenters. The van der Waals surface area contributed by atoms with Gasteiger partial charge in [0.1, 0.15) is 17.5 Å². The molecule has 10 heteroatoms. The lowest BCUT2D eigenvalue weighted by Crippen LogP contribution is -2.48. The zero-order valence-corrected chi connectivity index (χ0v) is 20.8. The van der Waals surface area contributed by atoms with Crippen molar-refractivity contribution in [2.24, 2.45) is 5.73 Å². The van der Waals surface area contributed by atoms with Crippen LogP contribution in [0.1, 0.15) is 24.0 Å². The van der Waals surface area contributed by atoms with Gasteiger partial charge < -0.3 is 10.6 Å². The van der Waals surface area contributed by atoms with Gasteiger partial charge >= 0.3 is 5.69 Å². The number of hydrogen-bond acceptors (Lipinski definition) is 4. The maximum absolute atomic E-state index is 13.9. The topological polar surface area (TPSA) is 73.3 Å². The molecule has 6 nitrogen and oxygen atoms in total. The van der Waals surface area contributed by atoms with Crippen molar-refractivity contribution in [1.82, 2.24) is 9.13 Å². The van der Waals surface area contributed by atoms with E-state index in [1.54, 1.807) is 6.07 Å². The normalized spacial score (nSPS) is 16.3. The highest BCUT2D eigenvalue weighted by atomic mass is 79.9. The van der Waals surface area contributed by atoms with E-state index in [9.17, 15) is 18.4 Å². The summed E-state index contributed by atoms with van der Waals surface area (Å²) in [5.41, 5.74) is 6.08. The van der Waals surface area contributed by atoms with Crippen molar-refractivity contribution < 1.29 is 8.78 Å². The molecule has 0 aliphatic carbocycles. The molecule has 0 amide bonds. The minimum absolute atomic E-state index is 0.0445. The molecule has 2 N–H and O–H groups in total. The molecule has 4 rings (SSSR count). The second kappa shape index (κ2) is 9.90. The number of halogens is 4. The largest absolute Gasteiger partial charge is 0.356 e. The van der Waals surface area contributed by atoms with Crippen molar-refractivity contribution in [2.75, 3.05) is 18.0 Å². The van der Waals surface area contributed by atoms with Gasteiger partial charge in [0.15, 0.2) is 0 Å². The molecule has 1 aromatic heterocycles. The fourth-order valence-electron chi connectivity index (χ4n) is 4.05. The van der Waals surface area contributed by atoms with Crippen LogP contribution in [0.4, 0.5) is 14.6 Å². The average molecular weight is 584 g/mol. The second-order valence-corrected chi connectivity index (χ2v) is 9.82. The predicted octanol–water partition coefficient (Wildman–Crippen LogP) is 3.84. The summed E-state index contributed by atoms with van der Waals surface area (Å²) in [6.45, 7) is 1.09. The predicted molar refractivity (Wildman–Crippen MR) is 131 cm³/mol. The van der Waals surface area contributed by atoms with Crippen LogP contribution in [0.25, 0.3) is 0 Å². The van der Waals surface area contributed by atoms with E-state index in [0.29, 0.717) is 39.0 Å². The Hall–Kier alpha value is -2.30. The van der Waals surface area contributed by atoms with Crippen molar-refractivity contribution in [3.8, 4) is 0 Å². The Morgan fingerprint density at radius 3 is 2.06 bits per heavy atom. The number of piperidine rings is 1. The van der Waals surface area contributed by atoms with Crippen LogP contribution in [-0.4, -0.2) is 28.3 Å². The van der Waals surface area contributed by atoms with Crippen LogP contribution >= 0.6 is 31.9 Å². The Labute approximate surface area is 205 Å². The lowest BCUT2D eigenvalue weighted by Gasteiger charge is -2.34. The maximum Gasteiger partial charge on any atom is 0.333 e. The van der Waals surface area contributed by atoms with Crippen LogP contribution in [-0.2, 0) is 13.1 Å². The molecule has 0 radical (unpaired) electrons. The molecule has 174 valence electrons. The summed E-state index contributed by atoms with van der Waals surface area (Å²) in [4.78, 5) is 28.5. The Morgan fingerprint density at radius 1 is 0.909 bits per heavy atom. The first-order valence-electron chi connectivity index (χ1n) is 10.5. The highest BCUT2D eigenvalue weighted by Crippen LogP contribution is 2.23. The molecule has 0 saturated carbocycles. The number of anilines is 1. The standard InChI is InChI=1S/C23H22Br2F2N4O2/c24-19-5-3-16(26)8-14(19)11-30-21(29-7-1-2-18(28)13-29)10-22(32)31(23(30)33)12-15-9-17(27)4-6-20(15)25/h3-6,8-10,18H,1-2,7,11-13,28H2. The van der Waals surface area contributed by atoms with Crippen molar-refractivity contribution in [1.29, 1.82) is 0 Å². The van der Waals surface area contributed by atoms with Gasteiger partial charge in [-0.15, -0.1) is 0 Å². The number of hydrogen-bond donors (Lipinski definition) is 1. The van der Waals surface area contributed by atoms with Crippen LogP contribution < -0.4 is 21.9 Å². The van der Waals surface area contributed by atoms with Crippen LogP contribution in [0.2, 0.25) is 0 Å². The van der Waals surface area contributed by atoms with Crippen LogP contribution in [0.5, 0.6) is 0 Å². The van der Waals surface area contributed by atoms with Gasteiger partial charge in [0.25, 0.3) is 5.56 Å². The fourth-order valence-corrected chi connectivity index (χ4v) is 4.79. The number of benzene rings is 2. The smallest absolute Gasteiger partial charge is 0.333 e. The molecule has 1 aliphatic heterocycles. The number of rotatable bonds is 5. The zero-order chi connectivity index (χ0) is 23.7. The van der Waals surface area contributed by atoms with E-state index < -0.39 is 22.9 Å². The van der Waals surface area contributed by atoms with Crippen LogP contribution in [0, 0.1) is 11.6 Å². The first-order chi connectivity index (χ1) is 15.7. The average Bonchev–Trinajstić information content (AvgIpc) is 2.77. The molecular formula is C23H22Br2F2N4O2. The summed E-state index contributed by atoms with van der Waals surface area (Å²) in [6, 6.07) is 9.67. The van der Waals surface area contributed by atoms with E-state index in [2.05, 4.69) is 31.9 Å². The third kappa shape index (κ3) is 5.28. The molecule has 3 aromatic rings. The molecule has 1 saturated heterocycles. The van der Waals surface area contributed by atoms with E-state index in [4.69, 9.17) is 5.73 Å². The lowest BCUT2D eigenvalue weighted by atomic mass is 10.1. The molecule has 1 aliphatic rings. The monoisotopic (exact) mass is 582 g/mol. The van der Waals surface area contributed by atoms with E-state index >= 15 is 0 Å². The highest BCUT2D eigenvalue weighted by Gasteiger charge is 2.23. The van der Waals surface area contributed by atoms with E-state index in [0.717, 1.165) is 17.4 Å². The molecule has 1 fully saturated rings. The first-order valence-corrected chi connectivity index (χ1v) is 12.0. The fraction of sp³-hybridized carbons (Fsp3) is 0.304. The molecule has 0 spiro atoms. The van der Waals surface area contributed by atoms with Crippen LogP contribution in [0.3, 0.4) is 0 Å². The highest BCUT2D eigenvalue weighted by molar-refractivity contribution is 9.10. The molecule has 1 unspecified atom stereocenters. The summed E-state index contributed by atoms with van der Waals surface area (Å²) in [5.74, 6) is -0.463. The molecule has 2 aromatic carbocycles. The summed E-state index contributed by atoms with van der Waals surface area (Å²) in [7, 11) is 0. The summed E-state index contributed by atoms with van der Waals surface area (Å²) >= 11 is 6.76. The SMILES string of the molecule is NC1CCCN(c2cc(=O)n(Cc3cc(F)ccc3Br)c(=O)n2Cc2cc(F)ccc2Br)C1. The third-order valence-electron chi connectivity index (χ3n) is 5.71. The van der Waals surface area contributed by atoms with Gasteiger partial charge in [-0.25, -0.2) is 13.6 Å². The Bertz CT molecular complexity index is 1310. The summed E-state index contributed by atoms with van der Waals surface area (Å²) in [5, 5.41) is 0. The van der Waals surface area contributed by atoms with Gasteiger partial charge in [0.05, 0.1) is 13.1 Å². The quantitative estimate of drug-likeness (QED) is 0.495. The zero-order valence-electron chi connectivity index (χ0n) is 17.6. The van der Waals surface area contributed by atoms with Gasteiger partial charge in [-0.05, 0) is 60.4 Å². The Balaban J connectivity index is 1.85. The van der Waals surface area contributed by atoms with Gasteiger partial charge in [-0.3, -0.25) is 13.9 Å². The number of nitrogens with two attached hydrogens (primary N) is 1. The Kier molecular flexibility index (Phi) is 7.16. The maximum atomic E-state index is 13.9. The van der Waals surface area contributed by atoms with E-state index in [1.807, 2.05) is 4.90 Å². The van der Waals surface area contributed by atoms with Crippen molar-refractivity contribution >= 4 is 37.7 Å². The molecule has 33 heavy (non-hydrogen) atoms. The second-order valence-electron chi connectivity index (χ2n) is 8.12. The van der Waals surface area contributed by atoms with E-state index in [-0.39, 0.29) is 19.1 Å². The number of nitrogens with zero attached hydrogens (tertiary/aromatic N) is 3. The summed E-state index contributed by atoms with van der Waals surface area (Å²) in [6.07, 6.45) is 1.69. The van der Waals surface area contributed by atoms with Gasteiger partial charge in [0.2, 0.25) is 0 Å². The minimum atomic E-state index is -0.566. The van der Waals surface area contributed by atoms with Crippen LogP contribution in [0.15, 0.2) is 61.0 Å². The lowest BCUT2D eigenvalue weighted by molar-refractivity contribution is 0.489. The van der Waals surface area contributed by atoms with Gasteiger partial charge in [-0.1, -0.05) is 31.9 Å².